The lowest BCUT2D eigenvalue weighted by Crippen LogP contribution is -2.57. The summed E-state index contributed by atoms with van der Waals surface area (Å²) in [5.74, 6) is -7.33. The fourth-order valence-electron chi connectivity index (χ4n) is 4.17. The molecule has 2 fully saturated rings. The van der Waals surface area contributed by atoms with Gasteiger partial charge in [0.05, 0.1) is 18.7 Å². The molecule has 3 heterocycles. The Morgan fingerprint density at radius 1 is 1.27 bits per heavy atom. The van der Waals surface area contributed by atoms with E-state index >= 15 is 0 Å². The molecule has 1 aliphatic carbocycles. The maximum atomic E-state index is 13.3. The third-order valence-corrected chi connectivity index (χ3v) is 6.07. The second-order valence-corrected chi connectivity index (χ2v) is 8.29. The second-order valence-electron chi connectivity index (χ2n) is 8.29. The number of nitrogens with one attached hydrogen (secondary N) is 1. The number of nitrogens with zero attached hydrogens (tertiary/aromatic N) is 3. The van der Waals surface area contributed by atoms with Crippen LogP contribution in [0.2, 0.25) is 0 Å². The van der Waals surface area contributed by atoms with Crippen LogP contribution in [0, 0.1) is 5.92 Å². The summed E-state index contributed by atoms with van der Waals surface area (Å²) in [6.07, 6.45) is -4.93. The number of alkyl halides is 5. The number of hydrogen-bond acceptors (Lipinski definition) is 6. The van der Waals surface area contributed by atoms with Gasteiger partial charge in [0.25, 0.3) is 11.8 Å². The van der Waals surface area contributed by atoms with E-state index in [2.05, 4.69) is 20.0 Å². The average Bonchev–Trinajstić information content (AvgIpc) is 3.09. The Morgan fingerprint density at radius 2 is 2.03 bits per heavy atom. The number of carbonyl (C=O) groups excluding carboxylic acids is 2. The Balaban J connectivity index is 1.34. The first-order chi connectivity index (χ1) is 15.5. The molecule has 1 aromatic carbocycles. The molecule has 3 aliphatic rings. The summed E-state index contributed by atoms with van der Waals surface area (Å²) in [6, 6.07) is 3.29. The predicted molar refractivity (Wildman–Crippen MR) is 98.8 cm³/mol. The van der Waals surface area contributed by atoms with Gasteiger partial charge in [0.2, 0.25) is 11.7 Å². The quantitative estimate of drug-likeness (QED) is 0.688. The largest absolute Gasteiger partial charge is 0.471 e. The lowest BCUT2D eigenvalue weighted by molar-refractivity contribution is -0.159. The first-order valence-corrected chi connectivity index (χ1v) is 10.2. The highest BCUT2D eigenvalue weighted by atomic mass is 19.4. The Kier molecular flexibility index (Phi) is 4.92. The molecule has 2 aliphatic heterocycles. The van der Waals surface area contributed by atoms with Crippen molar-refractivity contribution < 1.29 is 40.8 Å². The molecular formula is C20H17F5N4O4. The molecule has 1 saturated heterocycles. The van der Waals surface area contributed by atoms with Crippen LogP contribution in [0.25, 0.3) is 11.4 Å². The maximum Gasteiger partial charge on any atom is 0.471 e. The van der Waals surface area contributed by atoms with E-state index in [1.165, 1.54) is 17.0 Å². The van der Waals surface area contributed by atoms with Crippen LogP contribution in [0.1, 0.15) is 34.7 Å². The first kappa shape index (κ1) is 21.7. The molecule has 0 spiro atoms. The number of amides is 2. The molecule has 1 N–H and O–H groups in total. The summed E-state index contributed by atoms with van der Waals surface area (Å²) in [4.78, 5) is 30.1. The number of halogens is 5. The average molecular weight is 472 g/mol. The number of fused-ring (bicyclic) bond motifs is 1. The summed E-state index contributed by atoms with van der Waals surface area (Å²) in [5, 5.41) is 5.96. The molecule has 13 heteroatoms. The van der Waals surface area contributed by atoms with Crippen LogP contribution in [0.15, 0.2) is 22.7 Å². The van der Waals surface area contributed by atoms with Crippen molar-refractivity contribution in [2.45, 2.75) is 43.6 Å². The van der Waals surface area contributed by atoms with Gasteiger partial charge < -0.3 is 19.5 Å². The third-order valence-electron chi connectivity index (χ3n) is 6.07. The molecule has 1 saturated carbocycles. The Morgan fingerprint density at radius 3 is 2.70 bits per heavy atom. The van der Waals surface area contributed by atoms with Crippen LogP contribution in [-0.2, 0) is 22.3 Å². The number of aromatic nitrogens is 2. The highest BCUT2D eigenvalue weighted by molar-refractivity contribution is 5.99. The van der Waals surface area contributed by atoms with Gasteiger partial charge in [-0.25, -0.2) is 8.78 Å². The zero-order valence-corrected chi connectivity index (χ0v) is 16.9. The molecule has 8 nitrogen and oxygen atoms in total. The fraction of sp³-hybridized carbons (Fsp3) is 0.500. The molecule has 0 radical (unpaired) electrons. The molecule has 5 rings (SSSR count). The van der Waals surface area contributed by atoms with Crippen LogP contribution < -0.4 is 5.32 Å². The summed E-state index contributed by atoms with van der Waals surface area (Å²) >= 11 is 0. The molecule has 176 valence electrons. The van der Waals surface area contributed by atoms with E-state index < -0.39 is 54.2 Å². The topological polar surface area (TPSA) is 97.6 Å². The molecule has 33 heavy (non-hydrogen) atoms. The van der Waals surface area contributed by atoms with Crippen molar-refractivity contribution >= 4 is 11.8 Å². The van der Waals surface area contributed by atoms with E-state index in [1.807, 2.05) is 0 Å². The van der Waals surface area contributed by atoms with Crippen molar-refractivity contribution in [3.63, 3.8) is 0 Å². The lowest BCUT2D eigenvalue weighted by atomic mass is 10.0. The predicted octanol–water partition coefficient (Wildman–Crippen LogP) is 2.64. The standard InChI is InChI=1S/C20H17F5N4O4/c21-19(22)6-12(19)16(30)26-13-3-4-32-8-14(13)29-7-10-2-1-9(5-11(10)17(29)31)15-27-18(33-28-15)20(23,24)25/h1-2,5,12-14H,3-4,6-8H2,(H,26,30)/t12?,13-,14+/m1/s1. The van der Waals surface area contributed by atoms with Gasteiger partial charge in [0.15, 0.2) is 0 Å². The van der Waals surface area contributed by atoms with Gasteiger partial charge in [-0.3, -0.25) is 9.59 Å². The van der Waals surface area contributed by atoms with E-state index in [0.29, 0.717) is 18.6 Å². The van der Waals surface area contributed by atoms with E-state index in [9.17, 15) is 31.5 Å². The zero-order valence-electron chi connectivity index (χ0n) is 16.9. The Labute approximate surface area is 183 Å². The van der Waals surface area contributed by atoms with Gasteiger partial charge in [-0.2, -0.15) is 18.2 Å². The van der Waals surface area contributed by atoms with Crippen molar-refractivity contribution in [2.75, 3.05) is 13.2 Å². The SMILES string of the molecule is O=C(N[C@@H]1CCOC[C@@H]1N1Cc2ccc(-c3noc(C(F)(F)F)n3)cc2C1=O)C1CC1(F)F. The molecular weight excluding hydrogens is 455 g/mol. The molecule has 2 aromatic rings. The first-order valence-electron chi connectivity index (χ1n) is 10.2. The van der Waals surface area contributed by atoms with E-state index in [1.54, 1.807) is 6.07 Å². The number of benzene rings is 1. The molecule has 0 bridgehead atoms. The molecule has 1 aromatic heterocycles. The minimum atomic E-state index is -4.79. The molecule has 2 amide bonds. The van der Waals surface area contributed by atoms with Gasteiger partial charge in [0, 0.05) is 30.7 Å². The van der Waals surface area contributed by atoms with E-state index in [-0.39, 0.29) is 30.1 Å². The number of rotatable bonds is 4. The van der Waals surface area contributed by atoms with Crippen LogP contribution >= 0.6 is 0 Å². The van der Waals surface area contributed by atoms with Gasteiger partial charge >= 0.3 is 12.1 Å². The van der Waals surface area contributed by atoms with Crippen molar-refractivity contribution in [3.05, 3.63) is 35.2 Å². The van der Waals surface area contributed by atoms with E-state index in [0.717, 1.165) is 0 Å². The highest BCUT2D eigenvalue weighted by Crippen LogP contribution is 2.48. The number of carbonyl (C=O) groups is 2. The number of hydrogen-bond donors (Lipinski definition) is 1. The Hall–Kier alpha value is -3.09. The van der Waals surface area contributed by atoms with Crippen LogP contribution in [0.4, 0.5) is 22.0 Å². The summed E-state index contributed by atoms with van der Waals surface area (Å²) in [6.45, 7) is 0.591. The smallest absolute Gasteiger partial charge is 0.379 e. The second kappa shape index (κ2) is 7.47. The fourth-order valence-corrected chi connectivity index (χ4v) is 4.17. The monoisotopic (exact) mass is 472 g/mol. The van der Waals surface area contributed by atoms with Crippen molar-refractivity contribution in [1.29, 1.82) is 0 Å². The number of ether oxygens (including phenoxy) is 1. The highest BCUT2D eigenvalue weighted by Gasteiger charge is 2.61. The van der Waals surface area contributed by atoms with Gasteiger partial charge in [0.1, 0.15) is 5.92 Å². The van der Waals surface area contributed by atoms with Crippen molar-refractivity contribution in [2.24, 2.45) is 5.92 Å². The minimum absolute atomic E-state index is 0.110. The Bertz CT molecular complexity index is 1120. The molecule has 3 atom stereocenters. The zero-order chi connectivity index (χ0) is 23.5. The van der Waals surface area contributed by atoms with Crippen molar-refractivity contribution in [1.82, 2.24) is 20.4 Å². The summed E-state index contributed by atoms with van der Waals surface area (Å²) in [7, 11) is 0. The van der Waals surface area contributed by atoms with Crippen LogP contribution in [0.5, 0.6) is 0 Å². The molecule has 1 unspecified atom stereocenters. The van der Waals surface area contributed by atoms with E-state index in [4.69, 9.17) is 4.74 Å². The lowest BCUT2D eigenvalue weighted by Gasteiger charge is -2.38. The van der Waals surface area contributed by atoms with Crippen LogP contribution in [-0.4, -0.2) is 58.1 Å². The van der Waals surface area contributed by atoms with Gasteiger partial charge in [-0.1, -0.05) is 17.3 Å². The minimum Gasteiger partial charge on any atom is -0.379 e. The van der Waals surface area contributed by atoms with Gasteiger partial charge in [-0.05, 0) is 18.1 Å². The van der Waals surface area contributed by atoms with Gasteiger partial charge in [-0.15, -0.1) is 0 Å². The normalized spacial score (nSPS) is 26.3. The maximum absolute atomic E-state index is 13.3. The summed E-state index contributed by atoms with van der Waals surface area (Å²) in [5.41, 5.74) is 1.03. The van der Waals surface area contributed by atoms with Crippen molar-refractivity contribution in [3.8, 4) is 11.4 Å². The third kappa shape index (κ3) is 3.94. The van der Waals surface area contributed by atoms with Crippen LogP contribution in [0.3, 0.4) is 0 Å². The summed E-state index contributed by atoms with van der Waals surface area (Å²) < 4.78 is 74.4.